The second-order valence-corrected chi connectivity index (χ2v) is 7.34. The summed E-state index contributed by atoms with van der Waals surface area (Å²) in [4.78, 5) is 11.5. The number of nitrogens with zero attached hydrogens (tertiary/aromatic N) is 3. The van der Waals surface area contributed by atoms with E-state index in [0.717, 1.165) is 44.5 Å². The summed E-state index contributed by atoms with van der Waals surface area (Å²) in [7, 11) is 3.45. The van der Waals surface area contributed by atoms with Gasteiger partial charge in [-0.2, -0.15) is 0 Å². The van der Waals surface area contributed by atoms with Crippen LogP contribution in [0.1, 0.15) is 37.8 Å². The molecule has 1 saturated carbocycles. The van der Waals surface area contributed by atoms with E-state index in [-0.39, 0.29) is 5.54 Å². The fraction of sp³-hybridized carbons (Fsp3) is 0.700. The number of aliphatic imine (C=N–C) groups is 1. The van der Waals surface area contributed by atoms with Crippen LogP contribution in [0.5, 0.6) is 5.88 Å². The maximum Gasteiger partial charge on any atom is 0.213 e. The molecule has 1 aliphatic carbocycles. The predicted octanol–water partition coefficient (Wildman–Crippen LogP) is 1.79. The first-order chi connectivity index (χ1) is 13.3. The minimum atomic E-state index is 0.216. The summed E-state index contributed by atoms with van der Waals surface area (Å²) < 4.78 is 10.8. The summed E-state index contributed by atoms with van der Waals surface area (Å²) in [5, 5.41) is 6.95. The lowest BCUT2D eigenvalue weighted by Crippen LogP contribution is -2.60. The minimum Gasteiger partial charge on any atom is -0.481 e. The van der Waals surface area contributed by atoms with Gasteiger partial charge >= 0.3 is 0 Å². The number of hydrogen-bond donors (Lipinski definition) is 2. The Morgan fingerprint density at radius 3 is 2.70 bits per heavy atom. The molecule has 2 N–H and O–H groups in total. The van der Waals surface area contributed by atoms with Gasteiger partial charge in [0.15, 0.2) is 5.96 Å². The molecule has 0 spiro atoms. The standard InChI is InChI=1S/C20H33N5O2/c1-21-19(22-15-17-7-6-8-18(24-17)26-2)23-16-20(9-4-3-5-10-20)25-11-13-27-14-12-25/h6-8H,3-5,9-16H2,1-2H3,(H2,21,22,23). The second kappa shape index (κ2) is 9.90. The van der Waals surface area contributed by atoms with Crippen LogP contribution in [0.3, 0.4) is 0 Å². The Morgan fingerprint density at radius 2 is 2.00 bits per heavy atom. The molecule has 0 unspecified atom stereocenters. The van der Waals surface area contributed by atoms with Gasteiger partial charge in [-0.3, -0.25) is 9.89 Å². The number of ether oxygens (including phenoxy) is 2. The Kier molecular flexibility index (Phi) is 7.29. The summed E-state index contributed by atoms with van der Waals surface area (Å²) in [5.74, 6) is 1.45. The number of hydrogen-bond acceptors (Lipinski definition) is 5. The van der Waals surface area contributed by atoms with Gasteiger partial charge in [0.2, 0.25) is 5.88 Å². The molecule has 0 bridgehead atoms. The maximum atomic E-state index is 5.57. The molecular weight excluding hydrogens is 342 g/mol. The van der Waals surface area contributed by atoms with Gasteiger partial charge < -0.3 is 20.1 Å². The third-order valence-corrected chi connectivity index (χ3v) is 5.70. The zero-order chi connectivity index (χ0) is 19.0. The van der Waals surface area contributed by atoms with Crippen LogP contribution in [-0.4, -0.2) is 68.4 Å². The van der Waals surface area contributed by atoms with Gasteiger partial charge in [-0.05, 0) is 18.9 Å². The molecule has 2 heterocycles. The van der Waals surface area contributed by atoms with Crippen LogP contribution in [0.2, 0.25) is 0 Å². The Bertz CT molecular complexity index is 610. The molecule has 7 nitrogen and oxygen atoms in total. The number of nitrogens with one attached hydrogen (secondary N) is 2. The van der Waals surface area contributed by atoms with Gasteiger partial charge in [0.1, 0.15) is 0 Å². The van der Waals surface area contributed by atoms with E-state index in [1.54, 1.807) is 7.11 Å². The molecule has 150 valence electrons. The zero-order valence-electron chi connectivity index (χ0n) is 16.7. The van der Waals surface area contributed by atoms with Gasteiger partial charge in [-0.1, -0.05) is 25.3 Å². The third kappa shape index (κ3) is 5.32. The molecule has 3 rings (SSSR count). The summed E-state index contributed by atoms with van der Waals surface area (Å²) in [5.41, 5.74) is 1.14. The van der Waals surface area contributed by atoms with E-state index < -0.39 is 0 Å². The van der Waals surface area contributed by atoms with E-state index in [2.05, 4.69) is 25.5 Å². The van der Waals surface area contributed by atoms with Crippen LogP contribution in [0.15, 0.2) is 23.2 Å². The number of rotatable bonds is 6. The number of morpholine rings is 1. The van der Waals surface area contributed by atoms with Crippen LogP contribution in [0.4, 0.5) is 0 Å². The molecule has 0 radical (unpaired) electrons. The van der Waals surface area contributed by atoms with Crippen molar-refractivity contribution in [2.75, 3.05) is 47.0 Å². The van der Waals surface area contributed by atoms with Gasteiger partial charge in [0, 0.05) is 38.3 Å². The minimum absolute atomic E-state index is 0.216. The number of methoxy groups -OCH3 is 1. The molecule has 7 heteroatoms. The summed E-state index contributed by atoms with van der Waals surface area (Å²) >= 11 is 0. The highest BCUT2D eigenvalue weighted by atomic mass is 16.5. The van der Waals surface area contributed by atoms with Crippen molar-refractivity contribution in [2.24, 2.45) is 4.99 Å². The fourth-order valence-corrected chi connectivity index (χ4v) is 4.17. The van der Waals surface area contributed by atoms with E-state index in [1.165, 1.54) is 32.1 Å². The van der Waals surface area contributed by atoms with Crippen LogP contribution in [0.25, 0.3) is 0 Å². The lowest BCUT2D eigenvalue weighted by atomic mass is 9.80. The Balaban J connectivity index is 1.57. The van der Waals surface area contributed by atoms with Crippen LogP contribution in [0, 0.1) is 0 Å². The number of aromatic nitrogens is 1. The van der Waals surface area contributed by atoms with E-state index in [4.69, 9.17) is 9.47 Å². The first-order valence-electron chi connectivity index (χ1n) is 10.0. The average Bonchev–Trinajstić information content (AvgIpc) is 2.75. The zero-order valence-corrected chi connectivity index (χ0v) is 16.7. The van der Waals surface area contributed by atoms with E-state index in [9.17, 15) is 0 Å². The molecular formula is C20H33N5O2. The third-order valence-electron chi connectivity index (χ3n) is 5.70. The van der Waals surface area contributed by atoms with Crippen LogP contribution in [-0.2, 0) is 11.3 Å². The highest BCUT2D eigenvalue weighted by molar-refractivity contribution is 5.79. The first-order valence-corrected chi connectivity index (χ1v) is 10.0. The molecule has 1 aromatic rings. The molecule has 1 saturated heterocycles. The van der Waals surface area contributed by atoms with Crippen molar-refractivity contribution in [1.82, 2.24) is 20.5 Å². The SMILES string of the molecule is CN=C(NCc1cccc(OC)n1)NCC1(N2CCOCC2)CCCCC1. The summed E-state index contributed by atoms with van der Waals surface area (Å²) in [6.07, 6.45) is 6.45. The summed E-state index contributed by atoms with van der Waals surface area (Å²) in [6, 6.07) is 5.79. The van der Waals surface area contributed by atoms with Crippen molar-refractivity contribution in [2.45, 2.75) is 44.2 Å². The van der Waals surface area contributed by atoms with E-state index >= 15 is 0 Å². The molecule has 1 aliphatic heterocycles. The molecule has 0 amide bonds. The number of guanidine groups is 1. The first kappa shape index (κ1) is 19.9. The lowest BCUT2D eigenvalue weighted by Gasteiger charge is -2.48. The number of pyridine rings is 1. The molecule has 2 aliphatic rings. The van der Waals surface area contributed by atoms with Crippen LogP contribution < -0.4 is 15.4 Å². The highest BCUT2D eigenvalue weighted by Gasteiger charge is 2.38. The monoisotopic (exact) mass is 375 g/mol. The van der Waals surface area contributed by atoms with E-state index in [0.29, 0.717) is 12.4 Å². The molecule has 2 fully saturated rings. The molecule has 0 aromatic carbocycles. The predicted molar refractivity (Wildman–Crippen MR) is 107 cm³/mol. The van der Waals surface area contributed by atoms with Crippen molar-refractivity contribution < 1.29 is 9.47 Å². The highest BCUT2D eigenvalue weighted by Crippen LogP contribution is 2.33. The Hall–Kier alpha value is -1.86. The average molecular weight is 376 g/mol. The fourth-order valence-electron chi connectivity index (χ4n) is 4.17. The molecule has 27 heavy (non-hydrogen) atoms. The van der Waals surface area contributed by atoms with Crippen molar-refractivity contribution in [3.8, 4) is 5.88 Å². The van der Waals surface area contributed by atoms with Gasteiger partial charge in [0.05, 0.1) is 32.6 Å². The van der Waals surface area contributed by atoms with Gasteiger partial charge in [-0.15, -0.1) is 0 Å². The second-order valence-electron chi connectivity index (χ2n) is 7.34. The van der Waals surface area contributed by atoms with Crippen molar-refractivity contribution >= 4 is 5.96 Å². The topological polar surface area (TPSA) is 71.0 Å². The molecule has 1 aromatic heterocycles. The smallest absolute Gasteiger partial charge is 0.213 e. The normalized spacial score (nSPS) is 20.9. The van der Waals surface area contributed by atoms with Gasteiger partial charge in [0.25, 0.3) is 0 Å². The van der Waals surface area contributed by atoms with Crippen LogP contribution >= 0.6 is 0 Å². The van der Waals surface area contributed by atoms with Crippen molar-refractivity contribution in [3.05, 3.63) is 23.9 Å². The quantitative estimate of drug-likeness (QED) is 0.584. The molecule has 0 atom stereocenters. The van der Waals surface area contributed by atoms with Gasteiger partial charge in [-0.25, -0.2) is 4.98 Å². The van der Waals surface area contributed by atoms with Crippen molar-refractivity contribution in [3.63, 3.8) is 0 Å². The van der Waals surface area contributed by atoms with E-state index in [1.807, 2.05) is 25.2 Å². The Morgan fingerprint density at radius 1 is 1.22 bits per heavy atom. The maximum absolute atomic E-state index is 5.57. The largest absolute Gasteiger partial charge is 0.481 e. The Labute approximate surface area is 162 Å². The lowest BCUT2D eigenvalue weighted by molar-refractivity contribution is -0.0352. The summed E-state index contributed by atoms with van der Waals surface area (Å²) in [6.45, 7) is 5.27. The van der Waals surface area contributed by atoms with Crippen molar-refractivity contribution in [1.29, 1.82) is 0 Å².